The summed E-state index contributed by atoms with van der Waals surface area (Å²) in [5.74, 6) is -0.0990. The highest BCUT2D eigenvalue weighted by atomic mass is 32.2. The second kappa shape index (κ2) is 5.52. The third kappa shape index (κ3) is 2.18. The maximum absolute atomic E-state index is 11.9. The average Bonchev–Trinajstić information content (AvgIpc) is 2.98. The van der Waals surface area contributed by atoms with E-state index in [9.17, 15) is 20.1 Å². The van der Waals surface area contributed by atoms with E-state index in [2.05, 4.69) is 15.0 Å². The maximum Gasteiger partial charge on any atom is 0.280 e. The summed E-state index contributed by atoms with van der Waals surface area (Å²) in [5, 5.41) is 29.6. The van der Waals surface area contributed by atoms with E-state index < -0.39 is 36.7 Å². The van der Waals surface area contributed by atoms with Gasteiger partial charge in [0, 0.05) is 0 Å². The van der Waals surface area contributed by atoms with Gasteiger partial charge in [-0.15, -0.1) is 0 Å². The molecule has 1 aliphatic rings. The molecule has 0 bridgehead atoms. The van der Waals surface area contributed by atoms with Gasteiger partial charge in [0.25, 0.3) is 5.56 Å². The molecule has 3 heterocycles. The monoisotopic (exact) mass is 329 g/mol. The lowest BCUT2D eigenvalue weighted by Gasteiger charge is -2.18. The first-order valence-electron chi connectivity index (χ1n) is 6.42. The molecule has 0 aromatic carbocycles. The summed E-state index contributed by atoms with van der Waals surface area (Å²) in [4.78, 5) is 22.4. The van der Waals surface area contributed by atoms with E-state index in [0.717, 1.165) is 0 Å². The number of ether oxygens (including phenoxy) is 1. The summed E-state index contributed by atoms with van der Waals surface area (Å²) in [6, 6.07) is 0. The summed E-state index contributed by atoms with van der Waals surface area (Å²) in [7, 11) is 0. The molecule has 0 radical (unpaired) electrons. The molecule has 1 aliphatic heterocycles. The lowest BCUT2D eigenvalue weighted by molar-refractivity contribution is -0.0548. The molecule has 2 aromatic heterocycles. The Balaban J connectivity index is 2.20. The van der Waals surface area contributed by atoms with Crippen LogP contribution in [0.1, 0.15) is 6.23 Å². The smallest absolute Gasteiger partial charge is 0.280 e. The molecule has 0 amide bonds. The number of H-pyrrole nitrogens is 1. The minimum atomic E-state index is -1.30. The quantitative estimate of drug-likeness (QED) is 0.403. The summed E-state index contributed by atoms with van der Waals surface area (Å²) in [5.41, 5.74) is 5.23. The van der Waals surface area contributed by atoms with E-state index in [1.54, 1.807) is 6.26 Å². The summed E-state index contributed by atoms with van der Waals surface area (Å²) >= 11 is 1.22. The van der Waals surface area contributed by atoms with Crippen molar-refractivity contribution in [2.45, 2.75) is 29.7 Å². The molecule has 0 aliphatic carbocycles. The number of aliphatic hydroxyl groups excluding tert-OH is 3. The minimum absolute atomic E-state index is 0.0521. The maximum atomic E-state index is 11.9. The van der Waals surface area contributed by atoms with Crippen molar-refractivity contribution >= 4 is 28.9 Å². The van der Waals surface area contributed by atoms with Crippen LogP contribution in [0.5, 0.6) is 0 Å². The molecule has 0 saturated carbocycles. The van der Waals surface area contributed by atoms with Crippen molar-refractivity contribution in [1.82, 2.24) is 19.5 Å². The largest absolute Gasteiger partial charge is 0.394 e. The van der Waals surface area contributed by atoms with Crippen molar-refractivity contribution in [1.29, 1.82) is 0 Å². The van der Waals surface area contributed by atoms with Crippen molar-refractivity contribution < 1.29 is 20.1 Å². The van der Waals surface area contributed by atoms with Gasteiger partial charge in [0.2, 0.25) is 5.95 Å². The van der Waals surface area contributed by atoms with Crippen LogP contribution in [0.25, 0.3) is 11.2 Å². The predicted octanol–water partition coefficient (Wildman–Crippen LogP) is -1.96. The number of aromatic nitrogens is 4. The van der Waals surface area contributed by atoms with Gasteiger partial charge in [-0.1, -0.05) is 11.8 Å². The predicted molar refractivity (Wildman–Crippen MR) is 77.4 cm³/mol. The van der Waals surface area contributed by atoms with Crippen LogP contribution < -0.4 is 11.3 Å². The molecule has 22 heavy (non-hydrogen) atoms. The molecule has 10 nitrogen and oxygen atoms in total. The highest BCUT2D eigenvalue weighted by molar-refractivity contribution is 7.98. The van der Waals surface area contributed by atoms with Gasteiger partial charge in [0.05, 0.1) is 6.61 Å². The lowest BCUT2D eigenvalue weighted by atomic mass is 10.1. The number of nitrogen functional groups attached to an aromatic ring is 1. The summed E-state index contributed by atoms with van der Waals surface area (Å²) < 4.78 is 6.87. The van der Waals surface area contributed by atoms with Crippen molar-refractivity contribution in [2.24, 2.45) is 0 Å². The first-order chi connectivity index (χ1) is 10.5. The molecule has 0 spiro atoms. The third-order valence-electron chi connectivity index (χ3n) is 3.49. The second-order valence-corrected chi connectivity index (χ2v) is 5.59. The summed E-state index contributed by atoms with van der Waals surface area (Å²) in [6.07, 6.45) is -2.81. The molecule has 1 fully saturated rings. The Bertz CT molecular complexity index is 761. The van der Waals surface area contributed by atoms with Crippen molar-refractivity contribution in [3.63, 3.8) is 0 Å². The number of aliphatic hydroxyl groups is 3. The second-order valence-electron chi connectivity index (χ2n) is 4.82. The normalized spacial score (nSPS) is 28.5. The Hall–Kier alpha value is -1.66. The Morgan fingerprint density at radius 1 is 1.41 bits per heavy atom. The fourth-order valence-corrected chi connectivity index (χ4v) is 3.02. The third-order valence-corrected chi connectivity index (χ3v) is 4.14. The fraction of sp³-hybridized carbons (Fsp3) is 0.545. The van der Waals surface area contributed by atoms with Gasteiger partial charge < -0.3 is 25.8 Å². The van der Waals surface area contributed by atoms with E-state index in [1.165, 1.54) is 16.3 Å². The van der Waals surface area contributed by atoms with Crippen LogP contribution in [0, 0.1) is 0 Å². The summed E-state index contributed by atoms with van der Waals surface area (Å²) in [6.45, 7) is -0.452. The lowest BCUT2D eigenvalue weighted by Crippen LogP contribution is -2.33. The fourth-order valence-electron chi connectivity index (χ4n) is 2.45. The van der Waals surface area contributed by atoms with Crippen LogP contribution in [-0.4, -0.2) is 66.0 Å². The first-order valence-corrected chi connectivity index (χ1v) is 7.64. The number of anilines is 1. The van der Waals surface area contributed by atoms with Gasteiger partial charge in [-0.2, -0.15) is 4.98 Å². The Kier molecular flexibility index (Phi) is 3.82. The Morgan fingerprint density at radius 3 is 2.73 bits per heavy atom. The van der Waals surface area contributed by atoms with E-state index in [-0.39, 0.29) is 17.1 Å². The topological polar surface area (TPSA) is 160 Å². The van der Waals surface area contributed by atoms with E-state index in [1.807, 2.05) is 0 Å². The van der Waals surface area contributed by atoms with Gasteiger partial charge in [-0.25, -0.2) is 4.98 Å². The number of thioether (sulfide) groups is 1. The number of hydrogen-bond acceptors (Lipinski definition) is 9. The highest BCUT2D eigenvalue weighted by Crippen LogP contribution is 2.34. The number of aromatic amines is 1. The molecule has 3 rings (SSSR count). The number of imidazole rings is 1. The van der Waals surface area contributed by atoms with Crippen LogP contribution in [0.15, 0.2) is 9.95 Å². The molecule has 1 unspecified atom stereocenters. The van der Waals surface area contributed by atoms with Gasteiger partial charge in [0.15, 0.2) is 22.5 Å². The number of nitrogens with two attached hydrogens (primary N) is 1. The van der Waals surface area contributed by atoms with Crippen LogP contribution in [-0.2, 0) is 4.74 Å². The molecule has 1 saturated heterocycles. The van der Waals surface area contributed by atoms with Gasteiger partial charge in [-0.05, 0) is 6.26 Å². The van der Waals surface area contributed by atoms with Gasteiger partial charge >= 0.3 is 0 Å². The molecule has 2 aromatic rings. The molecule has 6 N–H and O–H groups in total. The van der Waals surface area contributed by atoms with E-state index >= 15 is 0 Å². The van der Waals surface area contributed by atoms with Gasteiger partial charge in [0.1, 0.15) is 18.3 Å². The first kappa shape index (κ1) is 15.2. The van der Waals surface area contributed by atoms with Crippen molar-refractivity contribution in [3.05, 3.63) is 10.4 Å². The van der Waals surface area contributed by atoms with Crippen molar-refractivity contribution in [2.75, 3.05) is 18.6 Å². The number of rotatable bonds is 3. The van der Waals surface area contributed by atoms with Gasteiger partial charge in [-0.3, -0.25) is 14.3 Å². The zero-order valence-corrected chi connectivity index (χ0v) is 12.3. The number of fused-ring (bicyclic) bond motifs is 1. The van der Waals surface area contributed by atoms with E-state index in [0.29, 0.717) is 5.16 Å². The standard InChI is InChI=1S/C11H15N5O5S/c1-22-11-13-4-7(14-10(12)15-8(4)20)16(11)9-6(19)5(18)3(2-17)21-9/h3,5-6,9,17-19H,2H2,1H3,(H3,12,14,15,20)/t3-,5?,6+,9-/m1/s1. The molecular formula is C11H15N5O5S. The minimum Gasteiger partial charge on any atom is -0.394 e. The van der Waals surface area contributed by atoms with Crippen LogP contribution in [0.2, 0.25) is 0 Å². The zero-order valence-electron chi connectivity index (χ0n) is 11.5. The Labute approximate surface area is 127 Å². The molecule has 11 heteroatoms. The SMILES string of the molecule is CSc1nc2c(=O)[nH]c(N)nc2n1[C@@H]1O[C@H](CO)C(O)[C@@H]1O. The number of nitrogens with one attached hydrogen (secondary N) is 1. The van der Waals surface area contributed by atoms with E-state index in [4.69, 9.17) is 10.5 Å². The zero-order chi connectivity index (χ0) is 16.0. The number of nitrogens with zero attached hydrogens (tertiary/aromatic N) is 3. The Morgan fingerprint density at radius 2 is 2.14 bits per heavy atom. The van der Waals surface area contributed by atoms with Crippen molar-refractivity contribution in [3.8, 4) is 0 Å². The van der Waals surface area contributed by atoms with Crippen LogP contribution >= 0.6 is 11.8 Å². The molecule has 120 valence electrons. The van der Waals surface area contributed by atoms with Crippen LogP contribution in [0.3, 0.4) is 0 Å². The molecule has 4 atom stereocenters. The highest BCUT2D eigenvalue weighted by Gasteiger charge is 2.45. The average molecular weight is 329 g/mol. The molecular weight excluding hydrogens is 314 g/mol. The number of hydrogen-bond donors (Lipinski definition) is 5. The van der Waals surface area contributed by atoms with Crippen LogP contribution in [0.4, 0.5) is 5.95 Å².